The molecular formula is C20H35NO6. The van der Waals surface area contributed by atoms with E-state index in [4.69, 9.17) is 23.7 Å². The van der Waals surface area contributed by atoms with Crippen LogP contribution in [0.1, 0.15) is 73.1 Å². The van der Waals surface area contributed by atoms with Gasteiger partial charge in [0.25, 0.3) is 5.91 Å². The molecule has 3 aliphatic rings. The molecule has 3 aliphatic heterocycles. The van der Waals surface area contributed by atoms with Crippen molar-refractivity contribution in [3.63, 3.8) is 0 Å². The first-order valence-corrected chi connectivity index (χ1v) is 10.4. The predicted octanol–water partition coefficient (Wildman–Crippen LogP) is 2.86. The highest BCUT2D eigenvalue weighted by Crippen LogP contribution is 2.44. The summed E-state index contributed by atoms with van der Waals surface area (Å²) in [4.78, 5) is 12.8. The van der Waals surface area contributed by atoms with Crippen LogP contribution in [0.5, 0.6) is 0 Å². The maximum atomic E-state index is 12.8. The molecule has 0 aromatic carbocycles. The summed E-state index contributed by atoms with van der Waals surface area (Å²) in [5, 5.41) is 2.99. The molecule has 7 heteroatoms. The minimum Gasteiger partial charge on any atom is -0.354 e. The van der Waals surface area contributed by atoms with Gasteiger partial charge in [0.15, 0.2) is 24.0 Å². The third-order valence-corrected chi connectivity index (χ3v) is 5.24. The van der Waals surface area contributed by atoms with Crippen molar-refractivity contribution in [3.05, 3.63) is 0 Å². The molecule has 0 bridgehead atoms. The van der Waals surface area contributed by atoms with E-state index in [9.17, 15) is 4.79 Å². The zero-order valence-electron chi connectivity index (χ0n) is 17.3. The average molecular weight is 386 g/mol. The zero-order valence-corrected chi connectivity index (χ0v) is 17.3. The Labute approximate surface area is 162 Å². The third-order valence-electron chi connectivity index (χ3n) is 5.24. The van der Waals surface area contributed by atoms with Gasteiger partial charge in [-0.25, -0.2) is 0 Å². The highest BCUT2D eigenvalue weighted by molar-refractivity contribution is 5.81. The third kappa shape index (κ3) is 5.01. The highest BCUT2D eigenvalue weighted by atomic mass is 16.9. The number of unbranched alkanes of at least 4 members (excludes halogenated alkanes) is 5. The molecule has 7 nitrogen and oxygen atoms in total. The minimum atomic E-state index is -0.790. The summed E-state index contributed by atoms with van der Waals surface area (Å²) in [5.74, 6) is -1.74. The van der Waals surface area contributed by atoms with Crippen LogP contribution in [-0.4, -0.2) is 54.7 Å². The van der Waals surface area contributed by atoms with Crippen molar-refractivity contribution in [2.45, 2.75) is 115 Å². The van der Waals surface area contributed by atoms with E-state index in [0.29, 0.717) is 6.54 Å². The number of carbonyl (C=O) groups is 1. The van der Waals surface area contributed by atoms with Gasteiger partial charge in [-0.15, -0.1) is 0 Å². The monoisotopic (exact) mass is 385 g/mol. The van der Waals surface area contributed by atoms with Crippen LogP contribution in [0.4, 0.5) is 0 Å². The molecule has 0 aliphatic carbocycles. The number of fused-ring (bicyclic) bond motifs is 3. The van der Waals surface area contributed by atoms with Crippen LogP contribution in [0, 0.1) is 0 Å². The topological polar surface area (TPSA) is 75.3 Å². The summed E-state index contributed by atoms with van der Waals surface area (Å²) in [6.45, 7) is 10.2. The van der Waals surface area contributed by atoms with Gasteiger partial charge in [-0.2, -0.15) is 0 Å². The van der Waals surface area contributed by atoms with Crippen molar-refractivity contribution in [1.29, 1.82) is 0 Å². The largest absolute Gasteiger partial charge is 0.354 e. The number of amides is 1. The summed E-state index contributed by atoms with van der Waals surface area (Å²) in [6, 6.07) is 0. The van der Waals surface area contributed by atoms with Gasteiger partial charge >= 0.3 is 0 Å². The fourth-order valence-corrected chi connectivity index (χ4v) is 4.04. The molecule has 0 spiro atoms. The summed E-state index contributed by atoms with van der Waals surface area (Å²) in [7, 11) is 0. The van der Waals surface area contributed by atoms with Crippen LogP contribution in [0.2, 0.25) is 0 Å². The second kappa shape index (κ2) is 8.33. The predicted molar refractivity (Wildman–Crippen MR) is 98.9 cm³/mol. The van der Waals surface area contributed by atoms with Gasteiger partial charge < -0.3 is 29.0 Å². The number of ether oxygens (including phenoxy) is 5. The van der Waals surface area contributed by atoms with Gasteiger partial charge in [0.1, 0.15) is 18.3 Å². The van der Waals surface area contributed by atoms with E-state index in [1.54, 1.807) is 0 Å². The summed E-state index contributed by atoms with van der Waals surface area (Å²) in [5.41, 5.74) is 0. The lowest BCUT2D eigenvalue weighted by Crippen LogP contribution is -2.59. The van der Waals surface area contributed by atoms with Crippen molar-refractivity contribution in [2.24, 2.45) is 0 Å². The highest BCUT2D eigenvalue weighted by Gasteiger charge is 2.62. The van der Waals surface area contributed by atoms with E-state index < -0.39 is 42.3 Å². The molecule has 0 radical (unpaired) electrons. The summed E-state index contributed by atoms with van der Waals surface area (Å²) in [6.07, 6.45) is 4.36. The van der Waals surface area contributed by atoms with Gasteiger partial charge in [-0.3, -0.25) is 4.79 Å². The Morgan fingerprint density at radius 2 is 1.41 bits per heavy atom. The molecule has 27 heavy (non-hydrogen) atoms. The second-order valence-corrected chi connectivity index (χ2v) is 8.65. The van der Waals surface area contributed by atoms with Crippen LogP contribution >= 0.6 is 0 Å². The van der Waals surface area contributed by atoms with Crippen LogP contribution in [0.3, 0.4) is 0 Å². The summed E-state index contributed by atoms with van der Waals surface area (Å²) >= 11 is 0. The maximum Gasteiger partial charge on any atom is 0.252 e. The molecule has 3 fully saturated rings. The molecule has 3 saturated heterocycles. The van der Waals surface area contributed by atoms with Crippen molar-refractivity contribution in [3.8, 4) is 0 Å². The molecule has 5 atom stereocenters. The van der Waals surface area contributed by atoms with Gasteiger partial charge in [0.05, 0.1) is 0 Å². The Hall–Kier alpha value is -0.730. The van der Waals surface area contributed by atoms with Gasteiger partial charge in [-0.1, -0.05) is 39.0 Å². The minimum absolute atomic E-state index is 0.174. The van der Waals surface area contributed by atoms with Gasteiger partial charge in [0, 0.05) is 6.54 Å². The lowest BCUT2D eigenvalue weighted by atomic mass is 9.98. The molecule has 0 saturated carbocycles. The van der Waals surface area contributed by atoms with E-state index in [1.165, 1.54) is 25.7 Å². The SMILES string of the molecule is CCCCCCCCNC(=O)[C@@H]1O[C@@H]2OC(C)(C)O[C@@H]2[C@@H]2OC(C)(C)O[C@@H]21. The molecule has 0 aromatic heterocycles. The van der Waals surface area contributed by atoms with E-state index in [0.717, 1.165) is 12.8 Å². The van der Waals surface area contributed by atoms with Crippen molar-refractivity contribution in [2.75, 3.05) is 6.54 Å². The van der Waals surface area contributed by atoms with Crippen molar-refractivity contribution in [1.82, 2.24) is 5.32 Å². The van der Waals surface area contributed by atoms with Crippen LogP contribution in [0.25, 0.3) is 0 Å². The van der Waals surface area contributed by atoms with E-state index in [1.807, 2.05) is 27.7 Å². The van der Waals surface area contributed by atoms with Crippen molar-refractivity contribution >= 4 is 5.91 Å². The lowest BCUT2D eigenvalue weighted by molar-refractivity contribution is -0.231. The second-order valence-electron chi connectivity index (χ2n) is 8.65. The van der Waals surface area contributed by atoms with E-state index in [2.05, 4.69) is 12.2 Å². The summed E-state index contributed by atoms with van der Waals surface area (Å²) < 4.78 is 29.8. The Morgan fingerprint density at radius 1 is 0.815 bits per heavy atom. The Kier molecular flexibility index (Phi) is 6.48. The Morgan fingerprint density at radius 3 is 2.15 bits per heavy atom. The number of hydrogen-bond donors (Lipinski definition) is 1. The average Bonchev–Trinajstić information content (AvgIpc) is 3.07. The first-order chi connectivity index (χ1) is 12.7. The Balaban J connectivity index is 1.55. The molecule has 3 heterocycles. The standard InChI is InChI=1S/C20H35NO6/c1-6-7-8-9-10-11-12-21-17(22)15-13-14(25-19(2,3)24-13)16-18(23-15)27-20(4,5)26-16/h13-16,18H,6-12H2,1-5H3,(H,21,22)/t13-,14+,15+,16+,18+/m0/s1. The zero-order chi connectivity index (χ0) is 19.7. The fourth-order valence-electron chi connectivity index (χ4n) is 4.04. The maximum absolute atomic E-state index is 12.8. The quantitative estimate of drug-likeness (QED) is 0.648. The van der Waals surface area contributed by atoms with Gasteiger partial charge in [-0.05, 0) is 34.1 Å². The number of hydrogen-bond acceptors (Lipinski definition) is 6. The number of carbonyl (C=O) groups excluding carboxylic acids is 1. The number of nitrogens with one attached hydrogen (secondary N) is 1. The van der Waals surface area contributed by atoms with Crippen molar-refractivity contribution < 1.29 is 28.5 Å². The van der Waals surface area contributed by atoms with Gasteiger partial charge in [0.2, 0.25) is 0 Å². The van der Waals surface area contributed by atoms with E-state index >= 15 is 0 Å². The molecule has 1 amide bonds. The first-order valence-electron chi connectivity index (χ1n) is 10.4. The Bertz CT molecular complexity index is 523. The molecule has 156 valence electrons. The molecule has 1 N–H and O–H groups in total. The molecule has 0 unspecified atom stereocenters. The normalized spacial score (nSPS) is 36.3. The van der Waals surface area contributed by atoms with Crippen LogP contribution in [0.15, 0.2) is 0 Å². The number of rotatable bonds is 8. The van der Waals surface area contributed by atoms with Crippen LogP contribution in [-0.2, 0) is 28.5 Å². The fraction of sp³-hybridized carbons (Fsp3) is 0.950. The lowest BCUT2D eigenvalue weighted by Gasteiger charge is -2.36. The smallest absolute Gasteiger partial charge is 0.252 e. The van der Waals surface area contributed by atoms with Crippen LogP contribution < -0.4 is 5.32 Å². The molecule has 3 rings (SSSR count). The van der Waals surface area contributed by atoms with E-state index in [-0.39, 0.29) is 5.91 Å². The first kappa shape index (κ1) is 21.0. The molecule has 0 aromatic rings. The molecular weight excluding hydrogens is 350 g/mol.